The van der Waals surface area contributed by atoms with Gasteiger partial charge in [0.1, 0.15) is 11.6 Å². The minimum atomic E-state index is -0.245. The van der Waals surface area contributed by atoms with E-state index in [4.69, 9.17) is 4.98 Å². The summed E-state index contributed by atoms with van der Waals surface area (Å²) in [6, 6.07) is 14.5. The van der Waals surface area contributed by atoms with Gasteiger partial charge in [-0.1, -0.05) is 18.2 Å². The summed E-state index contributed by atoms with van der Waals surface area (Å²) in [6.45, 7) is 1.97. The van der Waals surface area contributed by atoms with Gasteiger partial charge in [-0.25, -0.2) is 14.4 Å². The largest absolute Gasteiger partial charge is 0.373 e. The molecule has 0 radical (unpaired) electrons. The second-order valence-corrected chi connectivity index (χ2v) is 6.05. The van der Waals surface area contributed by atoms with Crippen LogP contribution >= 0.6 is 0 Å². The zero-order valence-corrected chi connectivity index (χ0v) is 14.5. The molecule has 5 heteroatoms. The molecule has 26 heavy (non-hydrogen) atoms. The fourth-order valence-corrected chi connectivity index (χ4v) is 3.07. The molecule has 0 bridgehead atoms. The zero-order chi connectivity index (χ0) is 18.1. The van der Waals surface area contributed by atoms with Crippen molar-refractivity contribution in [1.82, 2.24) is 15.0 Å². The van der Waals surface area contributed by atoms with Crippen LogP contribution in [0, 0.1) is 12.7 Å². The Hall–Kier alpha value is -3.34. The number of rotatable bonds is 3. The summed E-state index contributed by atoms with van der Waals surface area (Å²) >= 11 is 0. The van der Waals surface area contributed by atoms with E-state index in [-0.39, 0.29) is 5.82 Å². The molecule has 0 saturated heterocycles. The zero-order valence-electron chi connectivity index (χ0n) is 14.5. The number of aromatic nitrogens is 3. The Labute approximate surface area is 150 Å². The van der Waals surface area contributed by atoms with Crippen molar-refractivity contribution >= 4 is 16.7 Å². The number of nitrogens with one attached hydrogen (secondary N) is 1. The van der Waals surface area contributed by atoms with Gasteiger partial charge in [-0.05, 0) is 48.4 Å². The van der Waals surface area contributed by atoms with Gasteiger partial charge >= 0.3 is 0 Å². The summed E-state index contributed by atoms with van der Waals surface area (Å²) in [6.07, 6.45) is 3.44. The van der Waals surface area contributed by atoms with Gasteiger partial charge in [-0.2, -0.15) is 0 Å². The van der Waals surface area contributed by atoms with E-state index in [1.54, 1.807) is 24.5 Å². The standard InChI is InChI=1S/C21H17FN4/c1-13-10-17-19(11-16(13)15-7-3-4-8-18(15)22)25-20(26-21(17)23-2)14-6-5-9-24-12-14/h3-12H,1-2H3,(H,23,25,26). The summed E-state index contributed by atoms with van der Waals surface area (Å²) in [5.41, 5.74) is 3.95. The van der Waals surface area contributed by atoms with Gasteiger partial charge in [-0.15, -0.1) is 0 Å². The molecule has 2 aromatic heterocycles. The molecular formula is C21H17FN4. The lowest BCUT2D eigenvalue weighted by Crippen LogP contribution is -2.00. The van der Waals surface area contributed by atoms with Crippen molar-refractivity contribution in [2.24, 2.45) is 0 Å². The molecular weight excluding hydrogens is 327 g/mol. The van der Waals surface area contributed by atoms with E-state index in [9.17, 15) is 4.39 Å². The molecule has 0 fully saturated rings. The Morgan fingerprint density at radius 3 is 2.54 bits per heavy atom. The van der Waals surface area contributed by atoms with E-state index in [1.807, 2.05) is 44.3 Å². The Kier molecular flexibility index (Phi) is 4.05. The summed E-state index contributed by atoms with van der Waals surface area (Å²) in [5.74, 6) is 1.07. The van der Waals surface area contributed by atoms with Crippen molar-refractivity contribution in [3.8, 4) is 22.5 Å². The lowest BCUT2D eigenvalue weighted by Gasteiger charge is -2.13. The maximum atomic E-state index is 14.3. The maximum absolute atomic E-state index is 14.3. The van der Waals surface area contributed by atoms with Crippen molar-refractivity contribution in [2.45, 2.75) is 6.92 Å². The number of nitrogens with zero attached hydrogens (tertiary/aromatic N) is 3. The molecule has 4 nitrogen and oxygen atoms in total. The highest BCUT2D eigenvalue weighted by molar-refractivity contribution is 5.94. The summed E-state index contributed by atoms with van der Waals surface area (Å²) in [7, 11) is 1.83. The predicted molar refractivity (Wildman–Crippen MR) is 102 cm³/mol. The molecule has 0 amide bonds. The highest BCUT2D eigenvalue weighted by Gasteiger charge is 2.14. The number of fused-ring (bicyclic) bond motifs is 1. The van der Waals surface area contributed by atoms with Crippen molar-refractivity contribution < 1.29 is 4.39 Å². The fourth-order valence-electron chi connectivity index (χ4n) is 3.07. The molecule has 128 valence electrons. The van der Waals surface area contributed by atoms with Crippen LogP contribution in [0.1, 0.15) is 5.56 Å². The van der Waals surface area contributed by atoms with Crippen LogP contribution in [0.2, 0.25) is 0 Å². The molecule has 4 rings (SSSR count). The average molecular weight is 344 g/mol. The normalized spacial score (nSPS) is 10.9. The van der Waals surface area contributed by atoms with E-state index in [0.29, 0.717) is 11.4 Å². The van der Waals surface area contributed by atoms with Gasteiger partial charge in [-0.3, -0.25) is 4.98 Å². The number of halogens is 1. The molecule has 0 aliphatic carbocycles. The van der Waals surface area contributed by atoms with Crippen molar-refractivity contribution in [3.63, 3.8) is 0 Å². The van der Waals surface area contributed by atoms with E-state index in [2.05, 4.69) is 15.3 Å². The first-order valence-electron chi connectivity index (χ1n) is 8.33. The van der Waals surface area contributed by atoms with E-state index < -0.39 is 0 Å². The third-order valence-electron chi connectivity index (χ3n) is 4.36. The first-order valence-corrected chi connectivity index (χ1v) is 8.33. The molecule has 0 saturated carbocycles. The molecule has 0 aliphatic heterocycles. The SMILES string of the molecule is CNc1nc(-c2cccnc2)nc2cc(-c3ccccc3F)c(C)cc12. The number of pyridine rings is 1. The average Bonchev–Trinajstić information content (AvgIpc) is 2.68. The Morgan fingerprint density at radius 2 is 1.81 bits per heavy atom. The van der Waals surface area contributed by atoms with Gasteiger partial charge < -0.3 is 5.32 Å². The minimum absolute atomic E-state index is 0.245. The third kappa shape index (κ3) is 2.77. The third-order valence-corrected chi connectivity index (χ3v) is 4.36. The van der Waals surface area contributed by atoms with Gasteiger partial charge in [0, 0.05) is 36.0 Å². The lowest BCUT2D eigenvalue weighted by atomic mass is 9.98. The van der Waals surface area contributed by atoms with Gasteiger partial charge in [0.25, 0.3) is 0 Å². The Balaban J connectivity index is 1.98. The first-order chi connectivity index (χ1) is 12.7. The van der Waals surface area contributed by atoms with Crippen molar-refractivity contribution in [3.05, 3.63) is 72.3 Å². The number of benzene rings is 2. The van der Waals surface area contributed by atoms with Crippen LogP contribution in [-0.4, -0.2) is 22.0 Å². The second kappa shape index (κ2) is 6.52. The van der Waals surface area contributed by atoms with Crippen molar-refractivity contribution in [1.29, 1.82) is 0 Å². The molecule has 0 aliphatic rings. The van der Waals surface area contributed by atoms with Gasteiger partial charge in [0.15, 0.2) is 5.82 Å². The van der Waals surface area contributed by atoms with Crippen LogP contribution in [0.4, 0.5) is 10.2 Å². The molecule has 0 spiro atoms. The number of anilines is 1. The van der Waals surface area contributed by atoms with Crippen LogP contribution in [0.3, 0.4) is 0 Å². The topological polar surface area (TPSA) is 50.7 Å². The Bertz CT molecular complexity index is 1090. The fraction of sp³-hybridized carbons (Fsp3) is 0.0952. The van der Waals surface area contributed by atoms with Crippen LogP contribution in [0.25, 0.3) is 33.4 Å². The molecule has 2 heterocycles. The van der Waals surface area contributed by atoms with Crippen molar-refractivity contribution in [2.75, 3.05) is 12.4 Å². The number of hydrogen-bond acceptors (Lipinski definition) is 4. The molecule has 0 unspecified atom stereocenters. The molecule has 1 N–H and O–H groups in total. The minimum Gasteiger partial charge on any atom is -0.373 e. The summed E-state index contributed by atoms with van der Waals surface area (Å²) in [5, 5.41) is 4.03. The molecule has 2 aromatic carbocycles. The molecule has 0 atom stereocenters. The predicted octanol–water partition coefficient (Wildman–Crippen LogP) is 4.85. The smallest absolute Gasteiger partial charge is 0.163 e. The van der Waals surface area contributed by atoms with E-state index in [0.717, 1.165) is 33.4 Å². The van der Waals surface area contributed by atoms with Gasteiger partial charge in [0.05, 0.1) is 5.52 Å². The van der Waals surface area contributed by atoms with Gasteiger partial charge in [0.2, 0.25) is 0 Å². The van der Waals surface area contributed by atoms with E-state index >= 15 is 0 Å². The summed E-state index contributed by atoms with van der Waals surface area (Å²) in [4.78, 5) is 13.4. The monoisotopic (exact) mass is 344 g/mol. The van der Waals surface area contributed by atoms with E-state index in [1.165, 1.54) is 6.07 Å². The van der Waals surface area contributed by atoms with Crippen LogP contribution < -0.4 is 5.32 Å². The maximum Gasteiger partial charge on any atom is 0.163 e. The quantitative estimate of drug-likeness (QED) is 0.577. The highest BCUT2D eigenvalue weighted by atomic mass is 19.1. The second-order valence-electron chi connectivity index (χ2n) is 6.05. The Morgan fingerprint density at radius 1 is 0.962 bits per heavy atom. The number of aryl methyl sites for hydroxylation is 1. The highest BCUT2D eigenvalue weighted by Crippen LogP contribution is 2.32. The molecule has 4 aromatic rings. The van der Waals surface area contributed by atoms with Crippen LogP contribution in [-0.2, 0) is 0 Å². The van der Waals surface area contributed by atoms with Crippen LogP contribution in [0.15, 0.2) is 60.9 Å². The van der Waals surface area contributed by atoms with Crippen LogP contribution in [0.5, 0.6) is 0 Å². The first kappa shape index (κ1) is 16.1. The lowest BCUT2D eigenvalue weighted by molar-refractivity contribution is 0.631. The number of hydrogen-bond donors (Lipinski definition) is 1. The summed E-state index contributed by atoms with van der Waals surface area (Å²) < 4.78 is 14.3.